The first kappa shape index (κ1) is 15.7. The summed E-state index contributed by atoms with van der Waals surface area (Å²) in [5.74, 6) is 0.671. The maximum absolute atomic E-state index is 11.9. The zero-order valence-electron chi connectivity index (χ0n) is 13.0. The number of hydrogen-bond acceptors (Lipinski definition) is 3. The minimum atomic E-state index is -0.259. The summed E-state index contributed by atoms with van der Waals surface area (Å²) < 4.78 is 7.91. The molecule has 0 radical (unpaired) electrons. The van der Waals surface area contributed by atoms with Gasteiger partial charge >= 0.3 is 5.97 Å². The highest BCUT2D eigenvalue weighted by molar-refractivity contribution is 9.10. The first-order chi connectivity index (χ1) is 11.1. The average Bonchev–Trinajstić information content (AvgIpc) is 2.56. The lowest BCUT2D eigenvalue weighted by molar-refractivity contribution is -0.554. The van der Waals surface area contributed by atoms with Crippen LogP contribution in [0.15, 0.2) is 53.0 Å². The monoisotopic (exact) mass is 373 g/mol. The Hall–Kier alpha value is -2.14. The van der Waals surface area contributed by atoms with Crippen LogP contribution < -0.4 is 5.32 Å². The van der Waals surface area contributed by atoms with Crippen LogP contribution in [-0.2, 0) is 9.53 Å². The normalized spacial score (nSPS) is 16.6. The van der Waals surface area contributed by atoms with Crippen molar-refractivity contribution in [2.24, 2.45) is 0 Å². The van der Waals surface area contributed by atoms with Gasteiger partial charge in [0.15, 0.2) is 12.6 Å². The Morgan fingerprint density at radius 2 is 2.00 bits per heavy atom. The molecule has 1 heterocycles. The fourth-order valence-corrected chi connectivity index (χ4v) is 3.29. The fraction of sp³-hybridized carbons (Fsp3) is 0.222. The van der Waals surface area contributed by atoms with Crippen LogP contribution in [0.25, 0.3) is 0 Å². The summed E-state index contributed by atoms with van der Waals surface area (Å²) in [6.45, 7) is 2.17. The summed E-state index contributed by atoms with van der Waals surface area (Å²) in [5, 5.41) is 3.38. The third-order valence-corrected chi connectivity index (χ3v) is 4.50. The first-order valence-corrected chi connectivity index (χ1v) is 8.18. The van der Waals surface area contributed by atoms with Crippen molar-refractivity contribution in [3.8, 4) is 0 Å². The minimum Gasteiger partial charge on any atom is -0.466 e. The van der Waals surface area contributed by atoms with Gasteiger partial charge in [0, 0.05) is 22.5 Å². The number of methoxy groups -OCH3 is 1. The lowest BCUT2D eigenvalue weighted by Gasteiger charge is -2.27. The maximum atomic E-state index is 11.9. The molecule has 23 heavy (non-hydrogen) atoms. The van der Waals surface area contributed by atoms with E-state index in [9.17, 15) is 4.79 Å². The van der Waals surface area contributed by atoms with Crippen molar-refractivity contribution in [2.45, 2.75) is 13.0 Å². The van der Waals surface area contributed by atoms with Gasteiger partial charge in [-0.15, -0.1) is 0 Å². The fourth-order valence-electron chi connectivity index (χ4n) is 2.91. The lowest BCUT2D eigenvalue weighted by atomic mass is 9.94. The number of fused-ring (bicyclic) bond motifs is 1. The Morgan fingerprint density at radius 3 is 2.70 bits per heavy atom. The van der Waals surface area contributed by atoms with Crippen LogP contribution in [-0.4, -0.2) is 30.0 Å². The van der Waals surface area contributed by atoms with Crippen molar-refractivity contribution < 1.29 is 14.1 Å². The van der Waals surface area contributed by atoms with Crippen molar-refractivity contribution in [3.63, 3.8) is 0 Å². The van der Waals surface area contributed by atoms with Crippen molar-refractivity contribution in [3.05, 3.63) is 64.1 Å². The molecule has 118 valence electrons. The second-order valence-electron chi connectivity index (χ2n) is 5.46. The topological polar surface area (TPSA) is 41.3 Å². The number of benzene rings is 2. The van der Waals surface area contributed by atoms with E-state index < -0.39 is 0 Å². The predicted octanol–water partition coefficient (Wildman–Crippen LogP) is 3.57. The molecule has 0 saturated heterocycles. The standard InChI is InChI=1S/C18H17BrN2O2/c1-12-20-16-9-8-14(19)10-15(16)18(13-6-4-3-5-7-13)21(12)11-17(22)23-2/h3-10,18H,11H2,1-2H3/p+1. The second kappa shape index (κ2) is 6.54. The van der Waals surface area contributed by atoms with E-state index in [-0.39, 0.29) is 18.6 Å². The van der Waals surface area contributed by atoms with E-state index in [0.717, 1.165) is 27.1 Å². The van der Waals surface area contributed by atoms with Crippen molar-refractivity contribution >= 4 is 33.4 Å². The highest BCUT2D eigenvalue weighted by atomic mass is 79.9. The Labute approximate surface area is 143 Å². The van der Waals surface area contributed by atoms with Crippen LogP contribution in [0.2, 0.25) is 0 Å². The van der Waals surface area contributed by atoms with Gasteiger partial charge in [0.1, 0.15) is 5.69 Å². The third kappa shape index (κ3) is 3.15. The van der Waals surface area contributed by atoms with Gasteiger partial charge in [0.05, 0.1) is 7.11 Å². The molecule has 1 aliphatic rings. The molecule has 1 aliphatic heterocycles. The molecule has 4 nitrogen and oxygen atoms in total. The maximum Gasteiger partial charge on any atom is 0.347 e. The van der Waals surface area contributed by atoms with Gasteiger partial charge in [-0.2, -0.15) is 0 Å². The molecular weight excluding hydrogens is 356 g/mol. The smallest absolute Gasteiger partial charge is 0.347 e. The zero-order chi connectivity index (χ0) is 16.4. The first-order valence-electron chi connectivity index (χ1n) is 7.38. The van der Waals surface area contributed by atoms with Crippen molar-refractivity contribution in [2.75, 3.05) is 19.0 Å². The number of nitrogens with one attached hydrogen (secondary N) is 1. The van der Waals surface area contributed by atoms with E-state index in [1.807, 2.05) is 41.8 Å². The number of carbonyl (C=O) groups excluding carboxylic acids is 1. The van der Waals surface area contributed by atoms with Gasteiger partial charge in [-0.25, -0.2) is 14.7 Å². The molecule has 1 N–H and O–H groups in total. The van der Waals surface area contributed by atoms with Crippen LogP contribution in [0.1, 0.15) is 24.1 Å². The van der Waals surface area contributed by atoms with Crippen molar-refractivity contribution in [1.29, 1.82) is 0 Å². The number of anilines is 1. The minimum absolute atomic E-state index is 0.0379. The molecular formula is C18H18BrN2O2+. The molecule has 0 fully saturated rings. The van der Waals surface area contributed by atoms with Crippen LogP contribution in [0, 0.1) is 0 Å². The zero-order valence-corrected chi connectivity index (χ0v) is 14.6. The summed E-state index contributed by atoms with van der Waals surface area (Å²) in [6.07, 6.45) is 0. The van der Waals surface area contributed by atoms with E-state index in [0.29, 0.717) is 0 Å². The molecule has 0 saturated carbocycles. The van der Waals surface area contributed by atoms with E-state index in [1.165, 1.54) is 7.11 Å². The molecule has 0 spiro atoms. The molecule has 1 unspecified atom stereocenters. The molecule has 0 aliphatic carbocycles. The van der Waals surface area contributed by atoms with Crippen LogP contribution in [0.5, 0.6) is 0 Å². The number of amidine groups is 1. The van der Waals surface area contributed by atoms with Gasteiger partial charge in [-0.3, -0.25) is 0 Å². The van der Waals surface area contributed by atoms with E-state index >= 15 is 0 Å². The highest BCUT2D eigenvalue weighted by Crippen LogP contribution is 2.36. The second-order valence-corrected chi connectivity index (χ2v) is 6.37. The summed E-state index contributed by atoms with van der Waals surface area (Å²) in [6, 6.07) is 16.3. The highest BCUT2D eigenvalue weighted by Gasteiger charge is 2.34. The molecule has 2 aromatic rings. The largest absolute Gasteiger partial charge is 0.466 e. The molecule has 1 atom stereocenters. The summed E-state index contributed by atoms with van der Waals surface area (Å²) in [5.41, 5.74) is 3.32. The van der Waals surface area contributed by atoms with Gasteiger partial charge < -0.3 is 4.74 Å². The molecule has 5 heteroatoms. The van der Waals surface area contributed by atoms with Crippen LogP contribution in [0.4, 0.5) is 5.69 Å². The molecule has 0 bridgehead atoms. The Morgan fingerprint density at radius 1 is 1.26 bits per heavy atom. The van der Waals surface area contributed by atoms with E-state index in [4.69, 9.17) is 4.74 Å². The number of carbonyl (C=O) groups is 1. The number of esters is 1. The Balaban J connectivity index is 2.15. The van der Waals surface area contributed by atoms with E-state index in [2.05, 4.69) is 39.4 Å². The number of rotatable bonds is 3. The molecule has 2 aromatic carbocycles. The number of nitrogens with zero attached hydrogens (tertiary/aromatic N) is 1. The lowest BCUT2D eigenvalue weighted by Crippen LogP contribution is -2.38. The molecule has 0 amide bonds. The van der Waals surface area contributed by atoms with E-state index in [1.54, 1.807) is 0 Å². The number of ether oxygens (including phenoxy) is 1. The Kier molecular flexibility index (Phi) is 4.48. The van der Waals surface area contributed by atoms with Gasteiger partial charge in [-0.05, 0) is 18.2 Å². The van der Waals surface area contributed by atoms with Gasteiger partial charge in [0.2, 0.25) is 5.84 Å². The summed E-state index contributed by atoms with van der Waals surface area (Å²) in [7, 11) is 1.41. The van der Waals surface area contributed by atoms with Crippen LogP contribution in [0.3, 0.4) is 0 Å². The summed E-state index contributed by atoms with van der Waals surface area (Å²) >= 11 is 3.55. The average molecular weight is 374 g/mol. The summed E-state index contributed by atoms with van der Waals surface area (Å²) in [4.78, 5) is 11.9. The van der Waals surface area contributed by atoms with Crippen molar-refractivity contribution in [1.82, 2.24) is 0 Å². The number of halogens is 1. The quantitative estimate of drug-likeness (QED) is 0.660. The molecule has 3 rings (SSSR count). The number of hydrogen-bond donors (Lipinski definition) is 1. The Bertz CT molecular complexity index is 772. The SMILES string of the molecule is COC(=O)C[N+]1=C(C)Nc2ccc(Br)cc2C1c1ccccc1. The van der Waals surface area contributed by atoms with Crippen LogP contribution >= 0.6 is 15.9 Å². The van der Waals surface area contributed by atoms with Gasteiger partial charge in [0.25, 0.3) is 0 Å². The molecule has 0 aromatic heterocycles. The predicted molar refractivity (Wildman–Crippen MR) is 93.9 cm³/mol. The third-order valence-electron chi connectivity index (χ3n) is 4.01. The van der Waals surface area contributed by atoms with Gasteiger partial charge in [-0.1, -0.05) is 46.3 Å².